The van der Waals surface area contributed by atoms with Crippen LogP contribution in [0.3, 0.4) is 0 Å². The fourth-order valence-electron chi connectivity index (χ4n) is 1.11. The zero-order chi connectivity index (χ0) is 9.84. The van der Waals surface area contributed by atoms with Gasteiger partial charge >= 0.3 is 0 Å². The number of rotatable bonds is 3. The summed E-state index contributed by atoms with van der Waals surface area (Å²) in [4.78, 5) is 0. The van der Waals surface area contributed by atoms with Gasteiger partial charge in [0.15, 0.2) is 0 Å². The highest BCUT2D eigenvalue weighted by atomic mass is 16.3. The Hall–Kier alpha value is -0.900. The Morgan fingerprint density at radius 1 is 1.31 bits per heavy atom. The summed E-state index contributed by atoms with van der Waals surface area (Å²) >= 11 is 0. The van der Waals surface area contributed by atoms with Gasteiger partial charge in [0.1, 0.15) is 0 Å². The Labute approximate surface area is 77.8 Å². The maximum Gasteiger partial charge on any atom is 0.0963 e. The number of hydrogen-bond donors (Lipinski definition) is 3. The van der Waals surface area contributed by atoms with E-state index >= 15 is 0 Å². The molecule has 2 atom stereocenters. The standard InChI is InChI=1S/C10H15NO2/c1-7-2-4-8(5-3-7)10(13)9(11)6-12/h2-5,9-10,12-13H,6,11H2,1H3/t9-,10-/m1/s1. The van der Waals surface area contributed by atoms with Gasteiger partial charge in [0.05, 0.1) is 18.8 Å². The second kappa shape index (κ2) is 4.37. The minimum atomic E-state index is -0.786. The van der Waals surface area contributed by atoms with E-state index in [-0.39, 0.29) is 6.61 Å². The van der Waals surface area contributed by atoms with Crippen LogP contribution in [0.2, 0.25) is 0 Å². The molecule has 1 aromatic rings. The predicted octanol–water partition coefficient (Wildman–Crippen LogP) is 0.348. The third-order valence-corrected chi connectivity index (χ3v) is 2.04. The van der Waals surface area contributed by atoms with Crippen molar-refractivity contribution in [3.05, 3.63) is 35.4 Å². The fourth-order valence-corrected chi connectivity index (χ4v) is 1.11. The largest absolute Gasteiger partial charge is 0.395 e. The maximum atomic E-state index is 9.59. The van der Waals surface area contributed by atoms with Crippen molar-refractivity contribution in [3.8, 4) is 0 Å². The normalized spacial score (nSPS) is 15.4. The van der Waals surface area contributed by atoms with Gasteiger partial charge in [-0.1, -0.05) is 29.8 Å². The van der Waals surface area contributed by atoms with Crippen LogP contribution in [0.5, 0.6) is 0 Å². The molecule has 3 heteroatoms. The molecule has 0 aliphatic rings. The molecule has 0 aliphatic heterocycles. The fraction of sp³-hybridized carbons (Fsp3) is 0.400. The summed E-state index contributed by atoms with van der Waals surface area (Å²) in [7, 11) is 0. The van der Waals surface area contributed by atoms with E-state index in [1.54, 1.807) is 0 Å². The van der Waals surface area contributed by atoms with Crippen molar-refractivity contribution in [2.75, 3.05) is 6.61 Å². The molecule has 0 saturated heterocycles. The van der Waals surface area contributed by atoms with Crippen molar-refractivity contribution in [3.63, 3.8) is 0 Å². The molecule has 0 saturated carbocycles. The minimum Gasteiger partial charge on any atom is -0.395 e. The van der Waals surface area contributed by atoms with Crippen LogP contribution in [0, 0.1) is 6.92 Å². The summed E-state index contributed by atoms with van der Waals surface area (Å²) < 4.78 is 0. The van der Waals surface area contributed by atoms with Crippen LogP contribution in [-0.2, 0) is 0 Å². The molecule has 3 nitrogen and oxygen atoms in total. The molecule has 0 heterocycles. The van der Waals surface area contributed by atoms with E-state index in [9.17, 15) is 5.11 Å². The zero-order valence-electron chi connectivity index (χ0n) is 7.64. The third kappa shape index (κ3) is 2.52. The molecule has 0 aliphatic carbocycles. The van der Waals surface area contributed by atoms with E-state index < -0.39 is 12.1 Å². The van der Waals surface area contributed by atoms with Gasteiger partial charge in [-0.2, -0.15) is 0 Å². The van der Waals surface area contributed by atoms with E-state index in [2.05, 4.69) is 0 Å². The molecule has 0 fully saturated rings. The Morgan fingerprint density at radius 2 is 1.85 bits per heavy atom. The van der Waals surface area contributed by atoms with Crippen molar-refractivity contribution < 1.29 is 10.2 Å². The second-order valence-corrected chi connectivity index (χ2v) is 3.20. The number of benzene rings is 1. The summed E-state index contributed by atoms with van der Waals surface area (Å²) in [6.45, 7) is 1.76. The van der Waals surface area contributed by atoms with E-state index in [0.29, 0.717) is 0 Å². The number of hydrogen-bond acceptors (Lipinski definition) is 3. The van der Waals surface area contributed by atoms with Crippen molar-refractivity contribution in [1.29, 1.82) is 0 Å². The zero-order valence-corrected chi connectivity index (χ0v) is 7.64. The average Bonchev–Trinajstić information content (AvgIpc) is 2.17. The summed E-state index contributed by atoms with van der Waals surface area (Å²) in [5.74, 6) is 0. The van der Waals surface area contributed by atoms with Crippen LogP contribution in [0.15, 0.2) is 24.3 Å². The van der Waals surface area contributed by atoms with E-state index in [1.807, 2.05) is 31.2 Å². The van der Waals surface area contributed by atoms with Gasteiger partial charge in [-0.3, -0.25) is 0 Å². The first-order valence-electron chi connectivity index (χ1n) is 4.26. The van der Waals surface area contributed by atoms with Gasteiger partial charge < -0.3 is 15.9 Å². The summed E-state index contributed by atoms with van der Waals surface area (Å²) in [6.07, 6.45) is -0.786. The molecule has 4 N–H and O–H groups in total. The van der Waals surface area contributed by atoms with Gasteiger partial charge in [-0.05, 0) is 12.5 Å². The van der Waals surface area contributed by atoms with Gasteiger partial charge in [0.25, 0.3) is 0 Å². The van der Waals surface area contributed by atoms with Crippen LogP contribution in [0.25, 0.3) is 0 Å². The van der Waals surface area contributed by atoms with Crippen LogP contribution >= 0.6 is 0 Å². The molecule has 1 aromatic carbocycles. The van der Waals surface area contributed by atoms with Crippen molar-refractivity contribution >= 4 is 0 Å². The number of aliphatic hydroxyl groups excluding tert-OH is 2. The molecule has 0 bridgehead atoms. The lowest BCUT2D eigenvalue weighted by Crippen LogP contribution is -2.31. The van der Waals surface area contributed by atoms with Gasteiger partial charge in [-0.15, -0.1) is 0 Å². The molecular formula is C10H15NO2. The molecule has 72 valence electrons. The summed E-state index contributed by atoms with van der Waals surface area (Å²) in [5.41, 5.74) is 7.36. The smallest absolute Gasteiger partial charge is 0.0963 e. The highest BCUT2D eigenvalue weighted by Crippen LogP contribution is 2.15. The van der Waals surface area contributed by atoms with Crippen LogP contribution in [0.1, 0.15) is 17.2 Å². The molecule has 0 radical (unpaired) electrons. The quantitative estimate of drug-likeness (QED) is 0.630. The molecule has 13 heavy (non-hydrogen) atoms. The van der Waals surface area contributed by atoms with E-state index in [0.717, 1.165) is 11.1 Å². The Morgan fingerprint density at radius 3 is 2.31 bits per heavy atom. The molecule has 0 aromatic heterocycles. The lowest BCUT2D eigenvalue weighted by atomic mass is 10.0. The van der Waals surface area contributed by atoms with E-state index in [4.69, 9.17) is 10.8 Å². The SMILES string of the molecule is Cc1ccc([C@@H](O)[C@H](N)CO)cc1. The van der Waals surface area contributed by atoms with Gasteiger partial charge in [-0.25, -0.2) is 0 Å². The Balaban J connectivity index is 2.77. The molecule has 0 spiro atoms. The monoisotopic (exact) mass is 181 g/mol. The molecule has 0 amide bonds. The predicted molar refractivity (Wildman–Crippen MR) is 51.2 cm³/mol. The average molecular weight is 181 g/mol. The first-order chi connectivity index (χ1) is 6.15. The minimum absolute atomic E-state index is 0.213. The molecule has 0 unspecified atom stereocenters. The number of nitrogens with two attached hydrogens (primary N) is 1. The van der Waals surface area contributed by atoms with E-state index in [1.165, 1.54) is 0 Å². The second-order valence-electron chi connectivity index (χ2n) is 3.20. The van der Waals surface area contributed by atoms with Crippen molar-refractivity contribution in [2.24, 2.45) is 5.73 Å². The molecule has 1 rings (SSSR count). The topological polar surface area (TPSA) is 66.5 Å². The first kappa shape index (κ1) is 10.2. The Kier molecular flexibility index (Phi) is 3.42. The van der Waals surface area contributed by atoms with Crippen LogP contribution < -0.4 is 5.73 Å². The highest BCUT2D eigenvalue weighted by molar-refractivity contribution is 5.23. The number of aliphatic hydroxyl groups is 2. The van der Waals surface area contributed by atoms with Crippen LogP contribution in [0.4, 0.5) is 0 Å². The highest BCUT2D eigenvalue weighted by Gasteiger charge is 2.14. The molecular weight excluding hydrogens is 166 g/mol. The summed E-state index contributed by atoms with van der Waals surface area (Å²) in [6, 6.07) is 6.83. The third-order valence-electron chi connectivity index (χ3n) is 2.04. The lowest BCUT2D eigenvalue weighted by molar-refractivity contribution is 0.109. The van der Waals surface area contributed by atoms with Gasteiger partial charge in [0.2, 0.25) is 0 Å². The lowest BCUT2D eigenvalue weighted by Gasteiger charge is -2.16. The first-order valence-corrected chi connectivity index (χ1v) is 4.26. The Bertz CT molecular complexity index is 258. The van der Waals surface area contributed by atoms with Crippen molar-refractivity contribution in [1.82, 2.24) is 0 Å². The van der Waals surface area contributed by atoms with Crippen LogP contribution in [-0.4, -0.2) is 22.9 Å². The maximum absolute atomic E-state index is 9.59. The summed E-state index contributed by atoms with van der Waals surface area (Å²) in [5, 5.41) is 18.3. The van der Waals surface area contributed by atoms with Crippen molar-refractivity contribution in [2.45, 2.75) is 19.1 Å². The number of aryl methyl sites for hydroxylation is 1. The van der Waals surface area contributed by atoms with Gasteiger partial charge in [0, 0.05) is 0 Å².